The van der Waals surface area contributed by atoms with Gasteiger partial charge in [0.15, 0.2) is 11.6 Å². The molecule has 0 saturated carbocycles. The molecule has 0 N–H and O–H groups in total. The Balaban J connectivity index is 2.24. The lowest BCUT2D eigenvalue weighted by atomic mass is 10.3. The van der Waals surface area contributed by atoms with Crippen LogP contribution in [0.25, 0.3) is 0 Å². The van der Waals surface area contributed by atoms with E-state index < -0.39 is 11.6 Å². The van der Waals surface area contributed by atoms with Crippen molar-refractivity contribution < 1.29 is 13.2 Å². The van der Waals surface area contributed by atoms with Crippen LogP contribution in [0.4, 0.5) is 13.2 Å². The van der Waals surface area contributed by atoms with Gasteiger partial charge >= 0.3 is 0 Å². The van der Waals surface area contributed by atoms with E-state index in [-0.39, 0.29) is 5.82 Å². The molecule has 0 atom stereocenters. The second-order valence-corrected chi connectivity index (χ2v) is 4.28. The molecule has 0 aliphatic rings. The van der Waals surface area contributed by atoms with Crippen molar-refractivity contribution in [3.8, 4) is 0 Å². The molecule has 0 spiro atoms. The summed E-state index contributed by atoms with van der Waals surface area (Å²) in [6.07, 6.45) is 0. The molecule has 16 heavy (non-hydrogen) atoms. The van der Waals surface area contributed by atoms with Gasteiger partial charge < -0.3 is 0 Å². The summed E-state index contributed by atoms with van der Waals surface area (Å²) in [6.45, 7) is 0. The van der Waals surface area contributed by atoms with Crippen LogP contribution in [0.1, 0.15) is 0 Å². The Morgan fingerprint density at radius 2 is 1.50 bits per heavy atom. The summed E-state index contributed by atoms with van der Waals surface area (Å²) in [4.78, 5) is 1.18. The topological polar surface area (TPSA) is 0 Å². The Morgan fingerprint density at radius 1 is 0.750 bits per heavy atom. The zero-order valence-corrected chi connectivity index (χ0v) is 8.90. The Hall–Kier alpha value is -1.42. The van der Waals surface area contributed by atoms with Gasteiger partial charge in [0.2, 0.25) is 0 Å². The fourth-order valence-electron chi connectivity index (χ4n) is 1.21. The second kappa shape index (κ2) is 4.61. The van der Waals surface area contributed by atoms with E-state index in [0.29, 0.717) is 9.79 Å². The average molecular weight is 240 g/mol. The van der Waals surface area contributed by atoms with Gasteiger partial charge in [-0.1, -0.05) is 17.8 Å². The normalized spacial score (nSPS) is 10.4. The van der Waals surface area contributed by atoms with Crippen LogP contribution in [0, 0.1) is 17.5 Å². The summed E-state index contributed by atoms with van der Waals surface area (Å²) in [6, 6.07) is 9.53. The smallest absolute Gasteiger partial charge is 0.159 e. The van der Waals surface area contributed by atoms with Crippen LogP contribution in [0.15, 0.2) is 52.3 Å². The molecule has 0 amide bonds. The number of halogens is 3. The van der Waals surface area contributed by atoms with Crippen molar-refractivity contribution >= 4 is 11.8 Å². The van der Waals surface area contributed by atoms with Gasteiger partial charge in [0.05, 0.1) is 0 Å². The van der Waals surface area contributed by atoms with E-state index in [2.05, 4.69) is 0 Å². The van der Waals surface area contributed by atoms with Crippen molar-refractivity contribution in [2.45, 2.75) is 9.79 Å². The standard InChI is InChI=1S/C12H7F3S/c13-8-2-1-3-9(6-8)16-10-4-5-11(14)12(15)7-10/h1-7H. The van der Waals surface area contributed by atoms with E-state index in [1.165, 1.54) is 30.0 Å². The second-order valence-electron chi connectivity index (χ2n) is 3.14. The minimum absolute atomic E-state index is 0.354. The molecule has 0 heterocycles. The molecule has 0 aliphatic heterocycles. The summed E-state index contributed by atoms with van der Waals surface area (Å²) in [5.74, 6) is -2.14. The lowest BCUT2D eigenvalue weighted by molar-refractivity contribution is 0.506. The first-order chi connectivity index (χ1) is 7.65. The molecule has 82 valence electrons. The predicted octanol–water partition coefficient (Wildman–Crippen LogP) is 4.26. The van der Waals surface area contributed by atoms with E-state index in [9.17, 15) is 13.2 Å². The van der Waals surface area contributed by atoms with Crippen molar-refractivity contribution in [2.24, 2.45) is 0 Å². The van der Waals surface area contributed by atoms with Crippen LogP contribution in [-0.4, -0.2) is 0 Å². The highest BCUT2D eigenvalue weighted by Gasteiger charge is 2.04. The van der Waals surface area contributed by atoms with Crippen molar-refractivity contribution in [1.82, 2.24) is 0 Å². The van der Waals surface area contributed by atoms with Crippen LogP contribution >= 0.6 is 11.8 Å². The monoisotopic (exact) mass is 240 g/mol. The van der Waals surface area contributed by atoms with Crippen molar-refractivity contribution in [3.63, 3.8) is 0 Å². The number of rotatable bonds is 2. The molecule has 0 radical (unpaired) electrons. The minimum Gasteiger partial charge on any atom is -0.207 e. The highest BCUT2D eigenvalue weighted by Crippen LogP contribution is 2.28. The highest BCUT2D eigenvalue weighted by molar-refractivity contribution is 7.99. The van der Waals surface area contributed by atoms with Gasteiger partial charge in [0.25, 0.3) is 0 Å². The fourth-order valence-corrected chi connectivity index (χ4v) is 2.10. The first kappa shape index (κ1) is 11.1. The molecule has 2 aromatic rings. The van der Waals surface area contributed by atoms with E-state index in [1.807, 2.05) is 0 Å². The van der Waals surface area contributed by atoms with Gasteiger partial charge in [-0.15, -0.1) is 0 Å². The first-order valence-corrected chi connectivity index (χ1v) is 5.35. The summed E-state index contributed by atoms with van der Waals surface area (Å²) in [7, 11) is 0. The summed E-state index contributed by atoms with van der Waals surface area (Å²) < 4.78 is 38.4. The van der Waals surface area contributed by atoms with Crippen LogP contribution in [0.3, 0.4) is 0 Å². The Morgan fingerprint density at radius 3 is 2.19 bits per heavy atom. The van der Waals surface area contributed by atoms with Crippen molar-refractivity contribution in [2.75, 3.05) is 0 Å². The molecular formula is C12H7F3S. The van der Waals surface area contributed by atoms with E-state index in [4.69, 9.17) is 0 Å². The molecule has 2 aromatic carbocycles. The average Bonchev–Trinajstić information content (AvgIpc) is 2.24. The van der Waals surface area contributed by atoms with Crippen LogP contribution in [-0.2, 0) is 0 Å². The largest absolute Gasteiger partial charge is 0.207 e. The summed E-state index contributed by atoms with van der Waals surface area (Å²) in [5.41, 5.74) is 0. The van der Waals surface area contributed by atoms with Crippen LogP contribution < -0.4 is 0 Å². The molecule has 0 aliphatic carbocycles. The number of hydrogen-bond acceptors (Lipinski definition) is 1. The molecule has 0 saturated heterocycles. The Kier molecular flexibility index (Phi) is 3.19. The molecule has 0 aromatic heterocycles. The zero-order valence-electron chi connectivity index (χ0n) is 8.08. The maximum atomic E-state index is 12.9. The fraction of sp³-hybridized carbons (Fsp3) is 0. The van der Waals surface area contributed by atoms with Crippen molar-refractivity contribution in [3.05, 3.63) is 59.9 Å². The highest BCUT2D eigenvalue weighted by atomic mass is 32.2. The third-order valence-electron chi connectivity index (χ3n) is 1.92. The lowest BCUT2D eigenvalue weighted by Crippen LogP contribution is -1.83. The van der Waals surface area contributed by atoms with Gasteiger partial charge in [0, 0.05) is 9.79 Å². The molecule has 0 nitrogen and oxygen atoms in total. The third-order valence-corrected chi connectivity index (χ3v) is 2.90. The summed E-state index contributed by atoms with van der Waals surface area (Å²) in [5, 5.41) is 0. The molecule has 4 heteroatoms. The van der Waals surface area contributed by atoms with E-state index in [1.54, 1.807) is 12.1 Å². The van der Waals surface area contributed by atoms with Gasteiger partial charge in [-0.05, 0) is 36.4 Å². The molecule has 0 unspecified atom stereocenters. The maximum Gasteiger partial charge on any atom is 0.159 e. The Bertz CT molecular complexity index is 511. The van der Waals surface area contributed by atoms with E-state index >= 15 is 0 Å². The van der Waals surface area contributed by atoms with Crippen LogP contribution in [0.5, 0.6) is 0 Å². The lowest BCUT2D eigenvalue weighted by Gasteiger charge is -2.02. The van der Waals surface area contributed by atoms with Gasteiger partial charge in [-0.2, -0.15) is 0 Å². The molecule has 2 rings (SSSR count). The SMILES string of the molecule is Fc1cccc(Sc2ccc(F)c(F)c2)c1. The van der Waals surface area contributed by atoms with Gasteiger partial charge in [-0.3, -0.25) is 0 Å². The van der Waals surface area contributed by atoms with E-state index in [0.717, 1.165) is 12.1 Å². The predicted molar refractivity (Wildman–Crippen MR) is 56.9 cm³/mol. The van der Waals surface area contributed by atoms with Crippen molar-refractivity contribution in [1.29, 1.82) is 0 Å². The first-order valence-electron chi connectivity index (χ1n) is 4.53. The molecular weight excluding hydrogens is 233 g/mol. The number of benzene rings is 2. The molecule has 0 bridgehead atoms. The Labute approximate surface area is 95.1 Å². The summed E-state index contributed by atoms with van der Waals surface area (Å²) >= 11 is 1.18. The zero-order chi connectivity index (χ0) is 11.5. The van der Waals surface area contributed by atoms with Crippen LogP contribution in [0.2, 0.25) is 0 Å². The van der Waals surface area contributed by atoms with Gasteiger partial charge in [0.1, 0.15) is 5.82 Å². The quantitative estimate of drug-likeness (QED) is 0.756. The molecule has 0 fully saturated rings. The third kappa shape index (κ3) is 2.58. The van der Waals surface area contributed by atoms with Gasteiger partial charge in [-0.25, -0.2) is 13.2 Å². The number of hydrogen-bond donors (Lipinski definition) is 0. The maximum absolute atomic E-state index is 12.9. The minimum atomic E-state index is -0.901.